The van der Waals surface area contributed by atoms with Crippen LogP contribution < -0.4 is 11.1 Å². The summed E-state index contributed by atoms with van der Waals surface area (Å²) in [6.45, 7) is -0.203. The van der Waals surface area contributed by atoms with E-state index < -0.39 is 18.5 Å². The molecule has 0 fully saturated rings. The summed E-state index contributed by atoms with van der Waals surface area (Å²) in [4.78, 5) is 10.9. The van der Waals surface area contributed by atoms with Gasteiger partial charge in [-0.05, 0) is 18.2 Å². The molecule has 0 unspecified atom stereocenters. The molecule has 4 nitrogen and oxygen atoms in total. The van der Waals surface area contributed by atoms with E-state index in [9.17, 15) is 23.1 Å². The third-order valence-corrected chi connectivity index (χ3v) is 1.94. The lowest BCUT2D eigenvalue weighted by molar-refractivity contribution is -0.153. The summed E-state index contributed by atoms with van der Waals surface area (Å²) in [6, 6.07) is 4.13. The van der Waals surface area contributed by atoms with Crippen LogP contribution >= 0.6 is 0 Å². The topological polar surface area (TPSA) is 75.3 Å². The lowest BCUT2D eigenvalue weighted by Crippen LogP contribution is -2.28. The second-order valence-electron chi connectivity index (χ2n) is 3.46. The van der Waals surface area contributed by atoms with Gasteiger partial charge in [-0.1, -0.05) is 0 Å². The first-order valence-electron chi connectivity index (χ1n) is 4.69. The van der Waals surface area contributed by atoms with Crippen LogP contribution in [0.15, 0.2) is 18.2 Å². The van der Waals surface area contributed by atoms with Crippen LogP contribution in [0.25, 0.3) is 0 Å². The van der Waals surface area contributed by atoms with E-state index in [1.165, 1.54) is 18.2 Å². The molecule has 0 bridgehead atoms. The minimum Gasteiger partial charge on any atom is -0.508 e. The fourth-order valence-electron chi connectivity index (χ4n) is 1.19. The van der Waals surface area contributed by atoms with E-state index >= 15 is 0 Å². The summed E-state index contributed by atoms with van der Waals surface area (Å²) >= 11 is 0. The molecular formula is C10H11F3N2O2. The van der Waals surface area contributed by atoms with Crippen molar-refractivity contribution in [2.24, 2.45) is 0 Å². The zero-order valence-electron chi connectivity index (χ0n) is 8.71. The van der Waals surface area contributed by atoms with Crippen molar-refractivity contribution in [1.29, 1.82) is 0 Å². The minimum absolute atomic E-state index is 0.133. The summed E-state index contributed by atoms with van der Waals surface area (Å²) in [5.41, 5.74) is 6.05. The Balaban J connectivity index is 2.56. The number of rotatable bonds is 3. The average molecular weight is 248 g/mol. The van der Waals surface area contributed by atoms with Crippen molar-refractivity contribution in [3.63, 3.8) is 0 Å². The SMILES string of the molecule is Nc1ccc(O)c(CNC(=O)CC(F)(F)F)c1. The summed E-state index contributed by atoms with van der Waals surface area (Å²) in [6.07, 6.45) is -6.09. The summed E-state index contributed by atoms with van der Waals surface area (Å²) in [5.74, 6) is -1.29. The van der Waals surface area contributed by atoms with Crippen molar-refractivity contribution < 1.29 is 23.1 Å². The molecule has 0 saturated carbocycles. The highest BCUT2D eigenvalue weighted by molar-refractivity contribution is 5.76. The zero-order valence-corrected chi connectivity index (χ0v) is 8.71. The molecule has 4 N–H and O–H groups in total. The maximum atomic E-state index is 11.8. The van der Waals surface area contributed by atoms with Gasteiger partial charge in [0.05, 0.1) is 0 Å². The van der Waals surface area contributed by atoms with Crippen LogP contribution in [0, 0.1) is 0 Å². The van der Waals surface area contributed by atoms with Gasteiger partial charge in [-0.15, -0.1) is 0 Å². The predicted octanol–water partition coefficient (Wildman–Crippen LogP) is 1.54. The largest absolute Gasteiger partial charge is 0.508 e. The van der Waals surface area contributed by atoms with E-state index in [4.69, 9.17) is 5.73 Å². The number of hydrogen-bond donors (Lipinski definition) is 3. The highest BCUT2D eigenvalue weighted by Crippen LogP contribution is 2.21. The van der Waals surface area contributed by atoms with Gasteiger partial charge in [0.15, 0.2) is 0 Å². The summed E-state index contributed by atoms with van der Waals surface area (Å²) in [5, 5.41) is 11.4. The zero-order chi connectivity index (χ0) is 13.1. The highest BCUT2D eigenvalue weighted by Gasteiger charge is 2.30. The van der Waals surface area contributed by atoms with Gasteiger partial charge in [0.1, 0.15) is 12.2 Å². The highest BCUT2D eigenvalue weighted by atomic mass is 19.4. The van der Waals surface area contributed by atoms with Crippen LogP contribution in [0.1, 0.15) is 12.0 Å². The first kappa shape index (κ1) is 13.1. The average Bonchev–Trinajstić information content (AvgIpc) is 2.17. The number of anilines is 1. The first-order valence-corrected chi connectivity index (χ1v) is 4.69. The Morgan fingerprint density at radius 2 is 2.06 bits per heavy atom. The number of halogens is 3. The van der Waals surface area contributed by atoms with Crippen LogP contribution in [0.4, 0.5) is 18.9 Å². The monoisotopic (exact) mass is 248 g/mol. The maximum absolute atomic E-state index is 11.8. The molecule has 0 saturated heterocycles. The third kappa shape index (κ3) is 4.62. The van der Waals surface area contributed by atoms with Gasteiger partial charge in [0, 0.05) is 17.8 Å². The van der Waals surface area contributed by atoms with E-state index in [0.29, 0.717) is 5.69 Å². The Morgan fingerprint density at radius 3 is 2.65 bits per heavy atom. The van der Waals surface area contributed by atoms with Gasteiger partial charge in [0.2, 0.25) is 5.91 Å². The van der Waals surface area contributed by atoms with Crippen LogP contribution in [0.3, 0.4) is 0 Å². The second-order valence-corrected chi connectivity index (χ2v) is 3.46. The number of aromatic hydroxyl groups is 1. The number of carbonyl (C=O) groups is 1. The minimum atomic E-state index is -4.54. The number of amides is 1. The Bertz CT molecular complexity index is 419. The Morgan fingerprint density at radius 1 is 1.41 bits per heavy atom. The Hall–Kier alpha value is -1.92. The number of nitrogen functional groups attached to an aromatic ring is 1. The van der Waals surface area contributed by atoms with Crippen LogP contribution in [-0.4, -0.2) is 17.2 Å². The van der Waals surface area contributed by atoms with Gasteiger partial charge in [0.25, 0.3) is 0 Å². The molecular weight excluding hydrogens is 237 g/mol. The third-order valence-electron chi connectivity index (χ3n) is 1.94. The molecule has 7 heteroatoms. The molecule has 0 aliphatic rings. The smallest absolute Gasteiger partial charge is 0.397 e. The first-order chi connectivity index (χ1) is 7.78. The molecule has 0 aromatic heterocycles. The lowest BCUT2D eigenvalue weighted by Gasteiger charge is -2.09. The summed E-state index contributed by atoms with van der Waals surface area (Å²) in [7, 11) is 0. The van der Waals surface area contributed by atoms with Crippen LogP contribution in [0.5, 0.6) is 5.75 Å². The molecule has 1 aromatic carbocycles. The predicted molar refractivity (Wildman–Crippen MR) is 55.0 cm³/mol. The molecule has 1 aromatic rings. The second kappa shape index (κ2) is 4.94. The van der Waals surface area contributed by atoms with Gasteiger partial charge >= 0.3 is 6.18 Å². The van der Waals surface area contributed by atoms with E-state index in [2.05, 4.69) is 0 Å². The number of nitrogens with one attached hydrogen (secondary N) is 1. The van der Waals surface area contributed by atoms with Crippen LogP contribution in [-0.2, 0) is 11.3 Å². The Labute approximate surface area is 95.2 Å². The quantitative estimate of drug-likeness (QED) is 0.561. The number of nitrogens with two attached hydrogens (primary N) is 1. The molecule has 17 heavy (non-hydrogen) atoms. The molecule has 0 heterocycles. The molecule has 0 atom stereocenters. The van der Waals surface area contributed by atoms with Crippen molar-refractivity contribution in [1.82, 2.24) is 5.32 Å². The van der Waals surface area contributed by atoms with Crippen molar-refractivity contribution in [2.75, 3.05) is 5.73 Å². The number of phenolic OH excluding ortho intramolecular Hbond substituents is 1. The van der Waals surface area contributed by atoms with Gasteiger partial charge in [-0.3, -0.25) is 4.79 Å². The summed E-state index contributed by atoms with van der Waals surface area (Å²) < 4.78 is 35.5. The van der Waals surface area contributed by atoms with Gasteiger partial charge < -0.3 is 16.2 Å². The number of carbonyl (C=O) groups excluding carboxylic acids is 1. The number of benzene rings is 1. The van der Waals surface area contributed by atoms with Gasteiger partial charge in [-0.25, -0.2) is 0 Å². The van der Waals surface area contributed by atoms with E-state index in [0.717, 1.165) is 0 Å². The van der Waals surface area contributed by atoms with Crippen molar-refractivity contribution >= 4 is 11.6 Å². The Kier molecular flexibility index (Phi) is 3.82. The van der Waals surface area contributed by atoms with E-state index in [1.807, 2.05) is 5.32 Å². The molecule has 94 valence electrons. The van der Waals surface area contributed by atoms with Crippen LogP contribution in [0.2, 0.25) is 0 Å². The molecule has 0 aliphatic carbocycles. The number of phenols is 1. The van der Waals surface area contributed by atoms with E-state index in [1.54, 1.807) is 0 Å². The molecule has 1 amide bonds. The normalized spacial score (nSPS) is 11.2. The van der Waals surface area contributed by atoms with Crippen molar-refractivity contribution in [3.05, 3.63) is 23.8 Å². The maximum Gasteiger partial charge on any atom is 0.397 e. The number of hydrogen-bond acceptors (Lipinski definition) is 3. The van der Waals surface area contributed by atoms with Crippen molar-refractivity contribution in [2.45, 2.75) is 19.1 Å². The number of alkyl halides is 3. The molecule has 0 radical (unpaired) electrons. The lowest BCUT2D eigenvalue weighted by atomic mass is 10.2. The fraction of sp³-hybridized carbons (Fsp3) is 0.300. The molecule has 0 aliphatic heterocycles. The van der Waals surface area contributed by atoms with E-state index in [-0.39, 0.29) is 17.9 Å². The van der Waals surface area contributed by atoms with Gasteiger partial charge in [-0.2, -0.15) is 13.2 Å². The standard InChI is InChI=1S/C10H11F3N2O2/c11-10(12,13)4-9(17)15-5-6-3-7(14)1-2-8(6)16/h1-3,16H,4-5,14H2,(H,15,17). The molecule has 1 rings (SSSR count). The van der Waals surface area contributed by atoms with Crippen molar-refractivity contribution in [3.8, 4) is 5.75 Å². The molecule has 0 spiro atoms. The fourth-order valence-corrected chi connectivity index (χ4v) is 1.19.